The molecule has 0 saturated carbocycles. The number of aromatic nitrogens is 4. The topological polar surface area (TPSA) is 90.1 Å². The van der Waals surface area contributed by atoms with Crippen LogP contribution in [0, 0.1) is 20.8 Å². The molecule has 0 atom stereocenters. The molecule has 2 aromatic rings. The first-order valence-corrected chi connectivity index (χ1v) is 5.65. The molecule has 100 valence electrons. The summed E-state index contributed by atoms with van der Waals surface area (Å²) < 4.78 is 7.24. The highest BCUT2D eigenvalue weighted by atomic mass is 16.5. The molecule has 0 spiro atoms. The summed E-state index contributed by atoms with van der Waals surface area (Å²) in [6.07, 6.45) is 0. The van der Waals surface area contributed by atoms with Gasteiger partial charge in [-0.15, -0.1) is 0 Å². The second-order valence-corrected chi connectivity index (χ2v) is 4.21. The Bertz CT molecular complexity index is 649. The van der Waals surface area contributed by atoms with Crippen LogP contribution in [0.15, 0.2) is 6.07 Å². The van der Waals surface area contributed by atoms with E-state index in [-0.39, 0.29) is 11.7 Å². The van der Waals surface area contributed by atoms with Crippen molar-refractivity contribution in [2.24, 2.45) is 7.05 Å². The van der Waals surface area contributed by atoms with Crippen LogP contribution in [0.25, 0.3) is 0 Å². The van der Waals surface area contributed by atoms with Gasteiger partial charge >= 0.3 is 12.0 Å². The van der Waals surface area contributed by atoms with Crippen LogP contribution in [-0.2, 0) is 7.05 Å². The minimum atomic E-state index is -1.12. The third-order valence-electron chi connectivity index (χ3n) is 2.69. The Balaban J connectivity index is 2.41. The average molecular weight is 262 g/mol. The fraction of sp³-hybridized carbons (Fsp3) is 0.333. The van der Waals surface area contributed by atoms with E-state index in [1.54, 1.807) is 25.6 Å². The largest absolute Gasteiger partial charge is 0.477 e. The predicted octanol–water partition coefficient (Wildman–Crippen LogP) is 1.63. The van der Waals surface area contributed by atoms with Crippen LogP contribution >= 0.6 is 0 Å². The van der Waals surface area contributed by atoms with Crippen molar-refractivity contribution in [1.29, 1.82) is 0 Å². The Morgan fingerprint density at radius 3 is 2.53 bits per heavy atom. The first-order valence-electron chi connectivity index (χ1n) is 5.65. The number of carboxylic acids is 1. The van der Waals surface area contributed by atoms with Crippen molar-refractivity contribution in [1.82, 2.24) is 19.7 Å². The van der Waals surface area contributed by atoms with E-state index >= 15 is 0 Å². The maximum atomic E-state index is 10.9. The molecule has 0 amide bonds. The van der Waals surface area contributed by atoms with Crippen molar-refractivity contribution in [3.8, 4) is 11.8 Å². The molecule has 2 rings (SSSR count). The smallest absolute Gasteiger partial charge is 0.354 e. The third-order valence-corrected chi connectivity index (χ3v) is 2.69. The van der Waals surface area contributed by atoms with Crippen molar-refractivity contribution in [2.45, 2.75) is 20.8 Å². The van der Waals surface area contributed by atoms with Gasteiger partial charge in [-0.3, -0.25) is 4.68 Å². The van der Waals surface area contributed by atoms with Gasteiger partial charge in [0, 0.05) is 12.7 Å². The van der Waals surface area contributed by atoms with Gasteiger partial charge in [-0.2, -0.15) is 10.1 Å². The number of aromatic carboxylic acids is 1. The summed E-state index contributed by atoms with van der Waals surface area (Å²) >= 11 is 0. The summed E-state index contributed by atoms with van der Waals surface area (Å²) in [6, 6.07) is 1.40. The lowest BCUT2D eigenvalue weighted by atomic mass is 10.3. The molecule has 19 heavy (non-hydrogen) atoms. The maximum absolute atomic E-state index is 10.9. The summed E-state index contributed by atoms with van der Waals surface area (Å²) in [5, 5.41) is 13.2. The number of aryl methyl sites for hydroxylation is 3. The molecule has 0 fully saturated rings. The first kappa shape index (κ1) is 13.0. The van der Waals surface area contributed by atoms with E-state index in [0.29, 0.717) is 17.1 Å². The van der Waals surface area contributed by atoms with Crippen LogP contribution in [0.2, 0.25) is 0 Å². The zero-order chi connectivity index (χ0) is 14.2. The van der Waals surface area contributed by atoms with E-state index in [1.165, 1.54) is 6.07 Å². The summed E-state index contributed by atoms with van der Waals surface area (Å²) in [6.45, 7) is 5.34. The van der Waals surface area contributed by atoms with Gasteiger partial charge in [-0.25, -0.2) is 9.78 Å². The molecule has 0 aliphatic heterocycles. The van der Waals surface area contributed by atoms with Crippen LogP contribution in [0.3, 0.4) is 0 Å². The van der Waals surface area contributed by atoms with Crippen molar-refractivity contribution in [3.05, 3.63) is 28.8 Å². The zero-order valence-corrected chi connectivity index (χ0v) is 11.1. The molecule has 0 aromatic carbocycles. The number of ether oxygens (including phenoxy) is 1. The van der Waals surface area contributed by atoms with Gasteiger partial charge in [-0.1, -0.05) is 0 Å². The molecular weight excluding hydrogens is 248 g/mol. The van der Waals surface area contributed by atoms with Crippen molar-refractivity contribution >= 4 is 5.97 Å². The number of nitrogens with zero attached hydrogens (tertiary/aromatic N) is 4. The molecule has 0 aliphatic rings. The summed E-state index contributed by atoms with van der Waals surface area (Å²) in [5.74, 6) is -0.570. The Kier molecular flexibility index (Phi) is 3.20. The highest BCUT2D eigenvalue weighted by Crippen LogP contribution is 2.26. The lowest BCUT2D eigenvalue weighted by molar-refractivity contribution is 0.0689. The lowest BCUT2D eigenvalue weighted by Gasteiger charge is -2.05. The molecule has 7 heteroatoms. The van der Waals surface area contributed by atoms with Crippen LogP contribution in [0.5, 0.6) is 11.8 Å². The lowest BCUT2D eigenvalue weighted by Crippen LogP contribution is -2.04. The Morgan fingerprint density at radius 1 is 1.32 bits per heavy atom. The van der Waals surface area contributed by atoms with Gasteiger partial charge in [0.2, 0.25) is 0 Å². The normalized spacial score (nSPS) is 10.5. The van der Waals surface area contributed by atoms with Crippen molar-refractivity contribution in [3.63, 3.8) is 0 Å². The van der Waals surface area contributed by atoms with Crippen LogP contribution < -0.4 is 4.74 Å². The van der Waals surface area contributed by atoms with E-state index in [9.17, 15) is 4.79 Å². The molecule has 1 N–H and O–H groups in total. The van der Waals surface area contributed by atoms with Gasteiger partial charge in [0.1, 0.15) is 5.69 Å². The molecular formula is C12H14N4O3. The first-order chi connectivity index (χ1) is 8.88. The van der Waals surface area contributed by atoms with E-state index in [0.717, 1.165) is 5.69 Å². The second-order valence-electron chi connectivity index (χ2n) is 4.21. The molecule has 0 aliphatic carbocycles. The molecule has 0 unspecified atom stereocenters. The van der Waals surface area contributed by atoms with Crippen molar-refractivity contribution < 1.29 is 14.6 Å². The molecule has 0 saturated heterocycles. The Hall–Kier alpha value is -2.44. The van der Waals surface area contributed by atoms with Crippen LogP contribution in [-0.4, -0.2) is 30.8 Å². The van der Waals surface area contributed by atoms with E-state index < -0.39 is 5.97 Å². The van der Waals surface area contributed by atoms with Crippen LogP contribution in [0.4, 0.5) is 0 Å². The fourth-order valence-electron chi connectivity index (χ4n) is 1.69. The summed E-state index contributed by atoms with van der Waals surface area (Å²) in [7, 11) is 1.80. The van der Waals surface area contributed by atoms with Crippen LogP contribution in [0.1, 0.15) is 27.6 Å². The molecule has 0 radical (unpaired) electrons. The zero-order valence-electron chi connectivity index (χ0n) is 11.1. The second kappa shape index (κ2) is 4.68. The number of rotatable bonds is 3. The predicted molar refractivity (Wildman–Crippen MR) is 66.5 cm³/mol. The Morgan fingerprint density at radius 2 is 2.00 bits per heavy atom. The molecule has 0 bridgehead atoms. The van der Waals surface area contributed by atoms with Gasteiger partial charge in [-0.05, 0) is 26.8 Å². The number of carbonyl (C=O) groups is 1. The molecule has 7 nitrogen and oxygen atoms in total. The van der Waals surface area contributed by atoms with E-state index in [2.05, 4.69) is 15.1 Å². The standard InChI is InChI=1S/C12H14N4O3/c1-6-5-9(11(17)18)14-12(13-6)19-10-7(2)15-16(4)8(10)3/h5H,1-4H3,(H,17,18). The van der Waals surface area contributed by atoms with E-state index in [1.807, 2.05) is 6.92 Å². The highest BCUT2D eigenvalue weighted by Gasteiger charge is 2.15. The van der Waals surface area contributed by atoms with Gasteiger partial charge < -0.3 is 9.84 Å². The van der Waals surface area contributed by atoms with E-state index in [4.69, 9.17) is 9.84 Å². The maximum Gasteiger partial charge on any atom is 0.354 e. The summed E-state index contributed by atoms with van der Waals surface area (Å²) in [5.41, 5.74) is 1.95. The van der Waals surface area contributed by atoms with Crippen molar-refractivity contribution in [2.75, 3.05) is 0 Å². The minimum absolute atomic E-state index is 0.0107. The minimum Gasteiger partial charge on any atom is -0.477 e. The average Bonchev–Trinajstić information content (AvgIpc) is 2.55. The highest BCUT2D eigenvalue weighted by molar-refractivity contribution is 5.85. The monoisotopic (exact) mass is 262 g/mol. The number of hydrogen-bond donors (Lipinski definition) is 1. The molecule has 2 heterocycles. The quantitative estimate of drug-likeness (QED) is 0.904. The summed E-state index contributed by atoms with van der Waals surface area (Å²) in [4.78, 5) is 18.9. The number of hydrogen-bond acceptors (Lipinski definition) is 5. The van der Waals surface area contributed by atoms with Gasteiger partial charge in [0.25, 0.3) is 0 Å². The number of carboxylic acid groups (broad SMARTS) is 1. The molecule has 2 aromatic heterocycles. The fourth-order valence-corrected chi connectivity index (χ4v) is 1.69. The van der Waals surface area contributed by atoms with Gasteiger partial charge in [0.05, 0.1) is 5.69 Å². The SMILES string of the molecule is Cc1cc(C(=O)O)nc(Oc2c(C)nn(C)c2C)n1. The van der Waals surface area contributed by atoms with Gasteiger partial charge in [0.15, 0.2) is 11.4 Å². The Labute approximate surface area is 109 Å². The third kappa shape index (κ3) is 2.54.